The highest BCUT2D eigenvalue weighted by molar-refractivity contribution is 7.07. The first-order chi connectivity index (χ1) is 7.65. The number of ether oxygens (including phenoxy) is 1. The molecule has 0 spiro atoms. The van der Waals surface area contributed by atoms with Crippen LogP contribution in [0.1, 0.15) is 25.5 Å². The Morgan fingerprint density at radius 1 is 1.69 bits per heavy atom. The molecule has 16 heavy (non-hydrogen) atoms. The van der Waals surface area contributed by atoms with E-state index in [0.717, 1.165) is 5.56 Å². The molecule has 2 unspecified atom stereocenters. The van der Waals surface area contributed by atoms with Gasteiger partial charge in [0.15, 0.2) is 0 Å². The predicted octanol–water partition coefficient (Wildman–Crippen LogP) is 1.32. The Morgan fingerprint density at radius 2 is 2.44 bits per heavy atom. The number of carbonyl (C=O) groups excluding carboxylic acids is 1. The van der Waals surface area contributed by atoms with E-state index in [1.807, 2.05) is 23.8 Å². The van der Waals surface area contributed by atoms with Crippen LogP contribution in [0.25, 0.3) is 0 Å². The van der Waals surface area contributed by atoms with Crippen LogP contribution in [0.15, 0.2) is 16.8 Å². The number of amides is 1. The normalized spacial score (nSPS) is 14.4. The van der Waals surface area contributed by atoms with Crippen LogP contribution in [0.4, 0.5) is 0 Å². The molecule has 1 amide bonds. The van der Waals surface area contributed by atoms with E-state index in [2.05, 4.69) is 5.32 Å². The zero-order valence-corrected chi connectivity index (χ0v) is 10.3. The van der Waals surface area contributed by atoms with Gasteiger partial charge in [0, 0.05) is 13.2 Å². The molecule has 5 heteroatoms. The predicted molar refractivity (Wildman–Crippen MR) is 63.4 cm³/mol. The lowest BCUT2D eigenvalue weighted by Gasteiger charge is -2.14. The lowest BCUT2D eigenvalue weighted by molar-refractivity contribution is -0.131. The first-order valence-corrected chi connectivity index (χ1v) is 6.19. The molecule has 0 saturated heterocycles. The summed E-state index contributed by atoms with van der Waals surface area (Å²) in [4.78, 5) is 11.5. The van der Waals surface area contributed by atoms with Crippen molar-refractivity contribution in [3.63, 3.8) is 0 Å². The minimum absolute atomic E-state index is 0.198. The average molecular weight is 243 g/mol. The van der Waals surface area contributed by atoms with Crippen molar-refractivity contribution in [3.05, 3.63) is 22.4 Å². The van der Waals surface area contributed by atoms with Gasteiger partial charge < -0.3 is 15.2 Å². The van der Waals surface area contributed by atoms with E-state index in [0.29, 0.717) is 6.61 Å². The van der Waals surface area contributed by atoms with Gasteiger partial charge in [-0.1, -0.05) is 0 Å². The maximum atomic E-state index is 11.5. The summed E-state index contributed by atoms with van der Waals surface area (Å²) in [6.07, 6.45) is -1.12. The summed E-state index contributed by atoms with van der Waals surface area (Å²) in [5, 5.41) is 16.1. The number of aliphatic hydroxyl groups is 1. The molecule has 0 bridgehead atoms. The van der Waals surface area contributed by atoms with E-state index in [-0.39, 0.29) is 12.5 Å². The standard InChI is InChI=1S/C11H17NO3S/c1-3-15-8(2)11(14)12-6-10(13)9-4-5-16-7-9/h4-5,7-8,10,13H,3,6H2,1-2H3,(H,12,14). The Labute approximate surface area is 99.2 Å². The van der Waals surface area contributed by atoms with Gasteiger partial charge in [-0.15, -0.1) is 0 Å². The van der Waals surface area contributed by atoms with Gasteiger partial charge in [-0.2, -0.15) is 11.3 Å². The number of rotatable bonds is 6. The summed E-state index contributed by atoms with van der Waals surface area (Å²) in [6, 6.07) is 1.84. The van der Waals surface area contributed by atoms with E-state index in [4.69, 9.17) is 4.74 Å². The first kappa shape index (κ1) is 13.2. The van der Waals surface area contributed by atoms with Crippen LogP contribution in [-0.2, 0) is 9.53 Å². The van der Waals surface area contributed by atoms with Crippen LogP contribution >= 0.6 is 11.3 Å². The minimum atomic E-state index is -0.649. The quantitative estimate of drug-likeness (QED) is 0.792. The number of aliphatic hydroxyl groups excluding tert-OH is 1. The van der Waals surface area contributed by atoms with Crippen LogP contribution in [0.5, 0.6) is 0 Å². The molecule has 1 rings (SSSR count). The van der Waals surface area contributed by atoms with Gasteiger partial charge in [-0.05, 0) is 36.2 Å². The summed E-state index contributed by atoms with van der Waals surface area (Å²) in [7, 11) is 0. The fraction of sp³-hybridized carbons (Fsp3) is 0.545. The van der Waals surface area contributed by atoms with Crippen molar-refractivity contribution in [2.45, 2.75) is 26.1 Å². The Morgan fingerprint density at radius 3 is 3.00 bits per heavy atom. The van der Waals surface area contributed by atoms with Crippen molar-refractivity contribution in [1.29, 1.82) is 0 Å². The van der Waals surface area contributed by atoms with Gasteiger partial charge in [0.05, 0.1) is 6.10 Å². The van der Waals surface area contributed by atoms with Gasteiger partial charge >= 0.3 is 0 Å². The van der Waals surface area contributed by atoms with Crippen LogP contribution in [0.3, 0.4) is 0 Å². The second kappa shape index (κ2) is 6.62. The van der Waals surface area contributed by atoms with Gasteiger partial charge in [-0.3, -0.25) is 4.79 Å². The fourth-order valence-electron chi connectivity index (χ4n) is 1.25. The lowest BCUT2D eigenvalue weighted by Crippen LogP contribution is -2.36. The summed E-state index contributed by atoms with van der Waals surface area (Å²) >= 11 is 1.52. The maximum Gasteiger partial charge on any atom is 0.248 e. The Kier molecular flexibility index (Phi) is 5.45. The van der Waals surface area contributed by atoms with Gasteiger partial charge in [0.2, 0.25) is 5.91 Å². The number of carbonyl (C=O) groups is 1. The van der Waals surface area contributed by atoms with Crippen LogP contribution in [0, 0.1) is 0 Å². The molecule has 0 aromatic carbocycles. The zero-order chi connectivity index (χ0) is 12.0. The molecule has 0 aliphatic carbocycles. The van der Waals surface area contributed by atoms with E-state index in [1.165, 1.54) is 11.3 Å². The van der Waals surface area contributed by atoms with Crippen LogP contribution < -0.4 is 5.32 Å². The smallest absolute Gasteiger partial charge is 0.248 e. The molecular weight excluding hydrogens is 226 g/mol. The molecule has 0 fully saturated rings. The lowest BCUT2D eigenvalue weighted by atomic mass is 10.2. The third-order valence-electron chi connectivity index (χ3n) is 2.18. The summed E-state index contributed by atoms with van der Waals surface area (Å²) in [6.45, 7) is 4.24. The van der Waals surface area contributed by atoms with E-state index < -0.39 is 12.2 Å². The molecule has 0 radical (unpaired) electrons. The highest BCUT2D eigenvalue weighted by Crippen LogP contribution is 2.14. The largest absolute Gasteiger partial charge is 0.387 e. The highest BCUT2D eigenvalue weighted by Gasteiger charge is 2.14. The van der Waals surface area contributed by atoms with E-state index in [1.54, 1.807) is 6.92 Å². The van der Waals surface area contributed by atoms with Crippen molar-refractivity contribution in [1.82, 2.24) is 5.32 Å². The summed E-state index contributed by atoms with van der Waals surface area (Å²) in [5.41, 5.74) is 0.828. The Hall–Kier alpha value is -0.910. The highest BCUT2D eigenvalue weighted by atomic mass is 32.1. The fourth-order valence-corrected chi connectivity index (χ4v) is 1.96. The molecule has 2 atom stereocenters. The second-order valence-electron chi connectivity index (χ2n) is 3.42. The molecule has 1 aromatic heterocycles. The molecule has 0 aliphatic rings. The van der Waals surface area contributed by atoms with Crippen molar-refractivity contribution in [2.75, 3.05) is 13.2 Å². The van der Waals surface area contributed by atoms with E-state index in [9.17, 15) is 9.90 Å². The molecule has 2 N–H and O–H groups in total. The number of hydrogen-bond acceptors (Lipinski definition) is 4. The van der Waals surface area contributed by atoms with Gasteiger partial charge in [0.25, 0.3) is 0 Å². The molecule has 1 aromatic rings. The van der Waals surface area contributed by atoms with Crippen molar-refractivity contribution in [2.24, 2.45) is 0 Å². The number of thiophene rings is 1. The minimum Gasteiger partial charge on any atom is -0.387 e. The summed E-state index contributed by atoms with van der Waals surface area (Å²) < 4.78 is 5.14. The van der Waals surface area contributed by atoms with Crippen molar-refractivity contribution < 1.29 is 14.6 Å². The van der Waals surface area contributed by atoms with Gasteiger partial charge in [0.1, 0.15) is 6.10 Å². The third-order valence-corrected chi connectivity index (χ3v) is 2.88. The van der Waals surface area contributed by atoms with Crippen LogP contribution in [0.2, 0.25) is 0 Å². The third kappa shape index (κ3) is 3.92. The Bertz CT molecular complexity index is 313. The van der Waals surface area contributed by atoms with Crippen molar-refractivity contribution in [3.8, 4) is 0 Å². The molecule has 90 valence electrons. The maximum absolute atomic E-state index is 11.5. The molecule has 0 aliphatic heterocycles. The number of nitrogens with one attached hydrogen (secondary N) is 1. The van der Waals surface area contributed by atoms with Gasteiger partial charge in [-0.25, -0.2) is 0 Å². The molecule has 0 saturated carbocycles. The average Bonchev–Trinajstić information content (AvgIpc) is 2.79. The van der Waals surface area contributed by atoms with Crippen LogP contribution in [-0.4, -0.2) is 30.3 Å². The summed E-state index contributed by atoms with van der Waals surface area (Å²) in [5.74, 6) is -0.198. The molecule has 4 nitrogen and oxygen atoms in total. The monoisotopic (exact) mass is 243 g/mol. The topological polar surface area (TPSA) is 58.6 Å². The first-order valence-electron chi connectivity index (χ1n) is 5.24. The van der Waals surface area contributed by atoms with Crippen molar-refractivity contribution >= 4 is 17.2 Å². The number of hydrogen-bond donors (Lipinski definition) is 2. The molecule has 1 heterocycles. The molecular formula is C11H17NO3S. The van der Waals surface area contributed by atoms with E-state index >= 15 is 0 Å². The zero-order valence-electron chi connectivity index (χ0n) is 9.47. The second-order valence-corrected chi connectivity index (χ2v) is 4.20. The Balaban J connectivity index is 2.31. The SMILES string of the molecule is CCOC(C)C(=O)NCC(O)c1ccsc1.